The van der Waals surface area contributed by atoms with Crippen LogP contribution in [0.3, 0.4) is 0 Å². The molecule has 0 aromatic heterocycles. The summed E-state index contributed by atoms with van der Waals surface area (Å²) in [6.07, 6.45) is 2.09. The van der Waals surface area contributed by atoms with Gasteiger partial charge in [-0.15, -0.1) is 0 Å². The Hall–Kier alpha value is -1.34. The second-order valence-electron chi connectivity index (χ2n) is 6.37. The molecule has 2 rings (SSSR count). The number of nitrogens with zero attached hydrogens (tertiary/aromatic N) is 3. The van der Waals surface area contributed by atoms with E-state index in [1.165, 1.54) is 0 Å². The maximum Gasteiger partial charge on any atom is 0.317 e. The van der Waals surface area contributed by atoms with Gasteiger partial charge >= 0.3 is 6.03 Å². The molecule has 3 amide bonds. The van der Waals surface area contributed by atoms with Gasteiger partial charge in [0.25, 0.3) is 0 Å². The van der Waals surface area contributed by atoms with Crippen LogP contribution in [0.4, 0.5) is 4.79 Å². The second kappa shape index (κ2) is 9.08. The predicted octanol–water partition coefficient (Wildman–Crippen LogP) is -0.0660. The van der Waals surface area contributed by atoms with E-state index in [1.54, 1.807) is 0 Å². The Bertz CT molecular complexity index is 388. The van der Waals surface area contributed by atoms with Crippen LogP contribution in [0.5, 0.6) is 0 Å². The van der Waals surface area contributed by atoms with Crippen molar-refractivity contribution < 1.29 is 9.59 Å². The largest absolute Gasteiger partial charge is 0.352 e. The minimum atomic E-state index is -0.000662. The van der Waals surface area contributed by atoms with Crippen molar-refractivity contribution in [2.45, 2.75) is 32.7 Å². The highest BCUT2D eigenvalue weighted by molar-refractivity contribution is 5.78. The Labute approximate surface area is 139 Å². The summed E-state index contributed by atoms with van der Waals surface area (Å²) < 4.78 is 0. The van der Waals surface area contributed by atoms with Crippen LogP contribution in [0.15, 0.2) is 0 Å². The van der Waals surface area contributed by atoms with Crippen LogP contribution in [0.25, 0.3) is 0 Å². The van der Waals surface area contributed by atoms with Crippen molar-refractivity contribution in [2.75, 3.05) is 58.9 Å². The quantitative estimate of drug-likeness (QED) is 0.743. The summed E-state index contributed by atoms with van der Waals surface area (Å²) in [5, 5.41) is 5.98. The van der Waals surface area contributed by atoms with E-state index in [9.17, 15) is 9.59 Å². The number of carbonyl (C=O) groups excluding carboxylic acids is 2. The fraction of sp³-hybridized carbons (Fsp3) is 0.875. The Kier molecular flexibility index (Phi) is 7.11. The van der Waals surface area contributed by atoms with Gasteiger partial charge in [0, 0.05) is 51.9 Å². The van der Waals surface area contributed by atoms with E-state index in [1.807, 2.05) is 11.8 Å². The molecule has 23 heavy (non-hydrogen) atoms. The molecule has 132 valence electrons. The zero-order valence-corrected chi connectivity index (χ0v) is 14.5. The molecule has 0 unspecified atom stereocenters. The molecule has 0 aliphatic carbocycles. The van der Waals surface area contributed by atoms with Gasteiger partial charge < -0.3 is 20.4 Å². The highest BCUT2D eigenvalue weighted by Crippen LogP contribution is 2.10. The number of urea groups is 1. The number of piperidine rings is 1. The lowest BCUT2D eigenvalue weighted by Gasteiger charge is -2.35. The van der Waals surface area contributed by atoms with Crippen LogP contribution in [0.2, 0.25) is 0 Å². The van der Waals surface area contributed by atoms with Gasteiger partial charge in [0.15, 0.2) is 0 Å². The first-order valence-corrected chi connectivity index (χ1v) is 8.89. The Morgan fingerprint density at radius 3 is 2.17 bits per heavy atom. The lowest BCUT2D eigenvalue weighted by molar-refractivity contribution is -0.123. The van der Waals surface area contributed by atoms with Gasteiger partial charge in [-0.25, -0.2) is 4.79 Å². The van der Waals surface area contributed by atoms with E-state index in [0.29, 0.717) is 32.2 Å². The van der Waals surface area contributed by atoms with Gasteiger partial charge in [0.05, 0.1) is 6.54 Å². The first-order valence-electron chi connectivity index (χ1n) is 8.89. The number of hydrogen-bond donors (Lipinski definition) is 2. The van der Waals surface area contributed by atoms with Gasteiger partial charge in [0.2, 0.25) is 5.91 Å². The maximum absolute atomic E-state index is 12.2. The molecular formula is C16H31N5O2. The van der Waals surface area contributed by atoms with Crippen LogP contribution >= 0.6 is 0 Å². The third kappa shape index (κ3) is 5.66. The fourth-order valence-electron chi connectivity index (χ4n) is 3.24. The van der Waals surface area contributed by atoms with Crippen LogP contribution in [0, 0.1) is 0 Å². The Balaban J connectivity index is 1.64. The van der Waals surface area contributed by atoms with Gasteiger partial charge in [0.1, 0.15) is 0 Å². The summed E-state index contributed by atoms with van der Waals surface area (Å²) in [7, 11) is 0. The molecule has 0 saturated carbocycles. The van der Waals surface area contributed by atoms with Crippen molar-refractivity contribution in [1.82, 2.24) is 25.3 Å². The topological polar surface area (TPSA) is 67.9 Å². The van der Waals surface area contributed by atoms with E-state index in [2.05, 4.69) is 27.4 Å². The second-order valence-corrected chi connectivity index (χ2v) is 6.37. The first-order chi connectivity index (χ1) is 11.1. The smallest absolute Gasteiger partial charge is 0.317 e. The van der Waals surface area contributed by atoms with Crippen molar-refractivity contribution in [2.24, 2.45) is 0 Å². The van der Waals surface area contributed by atoms with E-state index in [0.717, 1.165) is 45.6 Å². The fourth-order valence-corrected chi connectivity index (χ4v) is 3.24. The van der Waals surface area contributed by atoms with Crippen molar-refractivity contribution in [3.8, 4) is 0 Å². The summed E-state index contributed by atoms with van der Waals surface area (Å²) in [6.45, 7) is 11.3. The maximum atomic E-state index is 12.2. The third-order valence-electron chi connectivity index (χ3n) is 4.75. The van der Waals surface area contributed by atoms with Crippen LogP contribution in [-0.2, 0) is 4.79 Å². The van der Waals surface area contributed by atoms with Gasteiger partial charge in [-0.1, -0.05) is 6.92 Å². The highest BCUT2D eigenvalue weighted by Gasteiger charge is 2.24. The van der Waals surface area contributed by atoms with Crippen LogP contribution < -0.4 is 10.6 Å². The Morgan fingerprint density at radius 2 is 1.61 bits per heavy atom. The molecule has 0 bridgehead atoms. The number of piperazine rings is 1. The average Bonchev–Trinajstić information content (AvgIpc) is 2.56. The molecule has 2 saturated heterocycles. The lowest BCUT2D eigenvalue weighted by atomic mass is 10.1. The number of amides is 3. The minimum Gasteiger partial charge on any atom is -0.352 e. The first kappa shape index (κ1) is 18.0. The normalized spacial score (nSPS) is 21.2. The minimum absolute atomic E-state index is 0.000662. The van der Waals surface area contributed by atoms with E-state index in [4.69, 9.17) is 0 Å². The summed E-state index contributed by atoms with van der Waals surface area (Å²) in [5.74, 6) is 0.117. The zero-order valence-electron chi connectivity index (χ0n) is 14.5. The van der Waals surface area contributed by atoms with E-state index >= 15 is 0 Å². The average molecular weight is 325 g/mol. The molecule has 7 heteroatoms. The summed E-state index contributed by atoms with van der Waals surface area (Å²) in [4.78, 5) is 30.3. The van der Waals surface area contributed by atoms with Gasteiger partial charge in [-0.3, -0.25) is 9.69 Å². The Morgan fingerprint density at radius 1 is 0.957 bits per heavy atom. The van der Waals surface area contributed by atoms with Gasteiger partial charge in [-0.05, 0) is 26.3 Å². The van der Waals surface area contributed by atoms with Crippen LogP contribution in [0.1, 0.15) is 26.7 Å². The number of likely N-dealkylation sites (tertiary alicyclic amines) is 1. The van der Waals surface area contributed by atoms with E-state index < -0.39 is 0 Å². The standard InChI is InChI=1S/C16H31N5O2/c1-3-17-16(23)21-11-9-20(10-12-21)13-15(22)18-14-5-7-19(4-2)8-6-14/h14H,3-13H2,1-2H3,(H,17,23)(H,18,22). The molecule has 2 N–H and O–H groups in total. The number of carbonyl (C=O) groups is 2. The molecule has 0 aromatic carbocycles. The monoisotopic (exact) mass is 325 g/mol. The number of nitrogens with one attached hydrogen (secondary N) is 2. The molecule has 0 atom stereocenters. The third-order valence-corrected chi connectivity index (χ3v) is 4.75. The number of hydrogen-bond acceptors (Lipinski definition) is 4. The van der Waals surface area contributed by atoms with Crippen molar-refractivity contribution >= 4 is 11.9 Å². The summed E-state index contributed by atoms with van der Waals surface area (Å²) in [5.41, 5.74) is 0. The molecule has 7 nitrogen and oxygen atoms in total. The molecule has 0 radical (unpaired) electrons. The van der Waals surface area contributed by atoms with E-state index in [-0.39, 0.29) is 11.9 Å². The number of rotatable bonds is 5. The van der Waals surface area contributed by atoms with Crippen molar-refractivity contribution in [3.63, 3.8) is 0 Å². The molecular weight excluding hydrogens is 294 g/mol. The lowest BCUT2D eigenvalue weighted by Crippen LogP contribution is -2.54. The van der Waals surface area contributed by atoms with Crippen molar-refractivity contribution in [1.29, 1.82) is 0 Å². The molecule has 0 spiro atoms. The molecule has 2 aliphatic rings. The molecule has 2 aliphatic heterocycles. The molecule has 2 fully saturated rings. The molecule has 2 heterocycles. The highest BCUT2D eigenvalue weighted by atomic mass is 16.2. The van der Waals surface area contributed by atoms with Crippen molar-refractivity contribution in [3.05, 3.63) is 0 Å². The predicted molar refractivity (Wildman–Crippen MR) is 90.4 cm³/mol. The molecule has 0 aromatic rings. The van der Waals surface area contributed by atoms with Gasteiger partial charge in [-0.2, -0.15) is 0 Å². The summed E-state index contributed by atoms with van der Waals surface area (Å²) >= 11 is 0. The SMILES string of the molecule is CCNC(=O)N1CCN(CC(=O)NC2CCN(CC)CC2)CC1. The zero-order chi connectivity index (χ0) is 16.7. The summed E-state index contributed by atoms with van der Waals surface area (Å²) in [6, 6.07) is 0.321. The van der Waals surface area contributed by atoms with Crippen LogP contribution in [-0.4, -0.2) is 91.6 Å².